The van der Waals surface area contributed by atoms with Crippen molar-refractivity contribution in [3.63, 3.8) is 0 Å². The summed E-state index contributed by atoms with van der Waals surface area (Å²) in [5.74, 6) is -0.559. The molecule has 3 heterocycles. The number of pyridine rings is 1. The largest absolute Gasteiger partial charge is 0.463 e. The topological polar surface area (TPSA) is 115 Å². The molecule has 9 nitrogen and oxygen atoms in total. The predicted molar refractivity (Wildman–Crippen MR) is 116 cm³/mol. The van der Waals surface area contributed by atoms with Crippen LogP contribution < -0.4 is 10.9 Å². The van der Waals surface area contributed by atoms with Gasteiger partial charge in [0.1, 0.15) is 5.69 Å². The van der Waals surface area contributed by atoms with E-state index in [0.717, 1.165) is 0 Å². The average Bonchev–Trinajstić information content (AvgIpc) is 3.55. The first kappa shape index (κ1) is 19.2. The van der Waals surface area contributed by atoms with Crippen LogP contribution in [0.1, 0.15) is 20.8 Å². The monoisotopic (exact) mass is 424 g/mol. The minimum atomic E-state index is -0.592. The van der Waals surface area contributed by atoms with Crippen molar-refractivity contribution in [2.24, 2.45) is 0 Å². The smallest absolute Gasteiger partial charge is 0.291 e. The van der Waals surface area contributed by atoms with Crippen molar-refractivity contribution >= 4 is 22.7 Å². The van der Waals surface area contributed by atoms with Gasteiger partial charge in [0, 0.05) is 5.39 Å². The van der Waals surface area contributed by atoms with Gasteiger partial charge in [-0.15, -0.1) is 5.10 Å². The second-order valence-electron chi connectivity index (χ2n) is 6.81. The molecule has 5 aromatic rings. The molecule has 32 heavy (non-hydrogen) atoms. The highest BCUT2D eigenvalue weighted by molar-refractivity contribution is 6.07. The molecule has 0 aliphatic heterocycles. The molecule has 0 saturated heterocycles. The second kappa shape index (κ2) is 8.15. The number of carbonyl (C=O) groups is 2. The Morgan fingerprint density at radius 2 is 1.66 bits per heavy atom. The van der Waals surface area contributed by atoms with E-state index in [1.54, 1.807) is 30.3 Å². The summed E-state index contributed by atoms with van der Waals surface area (Å²) in [5, 5.41) is 8.88. The summed E-state index contributed by atoms with van der Waals surface area (Å²) in [7, 11) is 0. The molecule has 0 unspecified atom stereocenters. The van der Waals surface area contributed by atoms with E-state index >= 15 is 0 Å². The lowest BCUT2D eigenvalue weighted by molar-refractivity contribution is 0.0844. The Morgan fingerprint density at radius 3 is 2.47 bits per heavy atom. The molecule has 3 aromatic heterocycles. The van der Waals surface area contributed by atoms with Crippen molar-refractivity contribution in [2.45, 2.75) is 0 Å². The van der Waals surface area contributed by atoms with Gasteiger partial charge in [-0.1, -0.05) is 36.4 Å². The molecule has 0 aliphatic rings. The van der Waals surface area contributed by atoms with Gasteiger partial charge in [0.25, 0.3) is 11.8 Å². The lowest BCUT2D eigenvalue weighted by atomic mass is 10.1. The highest BCUT2D eigenvalue weighted by Crippen LogP contribution is 2.25. The molecule has 2 aromatic carbocycles. The van der Waals surface area contributed by atoms with Crippen LogP contribution in [0.25, 0.3) is 28.0 Å². The summed E-state index contributed by atoms with van der Waals surface area (Å²) in [5.41, 5.74) is 7.07. The maximum atomic E-state index is 12.9. The average molecular weight is 424 g/mol. The Morgan fingerprint density at radius 1 is 0.875 bits per heavy atom. The lowest BCUT2D eigenvalue weighted by Crippen LogP contribution is -2.42. The van der Waals surface area contributed by atoms with E-state index in [1.807, 2.05) is 42.5 Å². The molecule has 0 fully saturated rings. The van der Waals surface area contributed by atoms with Crippen molar-refractivity contribution < 1.29 is 14.0 Å². The van der Waals surface area contributed by atoms with Gasteiger partial charge in [-0.3, -0.25) is 20.4 Å². The fourth-order valence-electron chi connectivity index (χ4n) is 3.21. The van der Waals surface area contributed by atoms with Crippen LogP contribution in [0.3, 0.4) is 0 Å². The first-order chi connectivity index (χ1) is 15.7. The van der Waals surface area contributed by atoms with Crippen LogP contribution in [0, 0.1) is 0 Å². The third-order valence-electron chi connectivity index (χ3n) is 4.74. The summed E-state index contributed by atoms with van der Waals surface area (Å²) < 4.78 is 5.42. The Hall–Kier alpha value is -4.79. The standard InChI is InChI=1S/C23H16N6O3/c30-22(26-27-23(31)20-14-24-29(28-20)15-7-2-1-3-8-15)17-13-19(21-11-6-12-32-21)25-18-10-5-4-9-16(17)18/h1-14H,(H,26,30)(H,27,31). The van der Waals surface area contributed by atoms with Crippen molar-refractivity contribution in [1.29, 1.82) is 0 Å². The molecular weight excluding hydrogens is 408 g/mol. The highest BCUT2D eigenvalue weighted by atomic mass is 16.3. The number of para-hydroxylation sites is 2. The number of benzene rings is 2. The fourth-order valence-corrected chi connectivity index (χ4v) is 3.21. The van der Waals surface area contributed by atoms with E-state index in [-0.39, 0.29) is 5.69 Å². The Balaban J connectivity index is 1.36. The number of hydrazine groups is 1. The van der Waals surface area contributed by atoms with Gasteiger partial charge in [-0.2, -0.15) is 9.90 Å². The minimum Gasteiger partial charge on any atom is -0.463 e. The first-order valence-corrected chi connectivity index (χ1v) is 9.71. The van der Waals surface area contributed by atoms with E-state index < -0.39 is 11.8 Å². The number of nitrogens with one attached hydrogen (secondary N) is 2. The number of nitrogens with zero attached hydrogens (tertiary/aromatic N) is 4. The van der Waals surface area contributed by atoms with Crippen LogP contribution in [-0.2, 0) is 0 Å². The van der Waals surface area contributed by atoms with Crippen LogP contribution in [0.5, 0.6) is 0 Å². The van der Waals surface area contributed by atoms with E-state index in [9.17, 15) is 9.59 Å². The van der Waals surface area contributed by atoms with E-state index in [2.05, 4.69) is 26.0 Å². The molecule has 0 aliphatic carbocycles. The number of furan rings is 1. The van der Waals surface area contributed by atoms with Crippen molar-refractivity contribution in [3.05, 3.63) is 96.5 Å². The van der Waals surface area contributed by atoms with Gasteiger partial charge in [0.15, 0.2) is 11.5 Å². The zero-order chi connectivity index (χ0) is 21.9. The molecule has 0 atom stereocenters. The summed E-state index contributed by atoms with van der Waals surface area (Å²) in [4.78, 5) is 31.3. The summed E-state index contributed by atoms with van der Waals surface area (Å²) >= 11 is 0. The number of fused-ring (bicyclic) bond motifs is 1. The van der Waals surface area contributed by atoms with Crippen LogP contribution in [0.2, 0.25) is 0 Å². The van der Waals surface area contributed by atoms with Crippen molar-refractivity contribution in [3.8, 4) is 17.1 Å². The second-order valence-corrected chi connectivity index (χ2v) is 6.81. The Kier molecular flexibility index (Phi) is 4.89. The van der Waals surface area contributed by atoms with Crippen LogP contribution in [-0.4, -0.2) is 31.8 Å². The zero-order valence-corrected chi connectivity index (χ0v) is 16.6. The summed E-state index contributed by atoms with van der Waals surface area (Å²) in [6.07, 6.45) is 2.86. The van der Waals surface area contributed by atoms with E-state index in [0.29, 0.717) is 33.6 Å². The number of aromatic nitrogens is 4. The molecule has 0 bridgehead atoms. The maximum absolute atomic E-state index is 12.9. The maximum Gasteiger partial charge on any atom is 0.291 e. The van der Waals surface area contributed by atoms with Crippen LogP contribution in [0.4, 0.5) is 0 Å². The first-order valence-electron chi connectivity index (χ1n) is 9.71. The molecule has 5 rings (SSSR count). The van der Waals surface area contributed by atoms with Gasteiger partial charge in [0.05, 0.1) is 29.2 Å². The zero-order valence-electron chi connectivity index (χ0n) is 16.6. The molecule has 2 N–H and O–H groups in total. The third-order valence-corrected chi connectivity index (χ3v) is 4.74. The highest BCUT2D eigenvalue weighted by Gasteiger charge is 2.17. The Bertz CT molecular complexity index is 1410. The van der Waals surface area contributed by atoms with Gasteiger partial charge in [-0.05, 0) is 36.4 Å². The Labute approximate surface area is 181 Å². The van der Waals surface area contributed by atoms with E-state index in [1.165, 1.54) is 17.3 Å². The molecule has 156 valence electrons. The number of hydrogen-bond donors (Lipinski definition) is 2. The molecule has 0 radical (unpaired) electrons. The van der Waals surface area contributed by atoms with Crippen molar-refractivity contribution in [1.82, 2.24) is 30.8 Å². The predicted octanol–water partition coefficient (Wildman–Crippen LogP) is 3.15. The van der Waals surface area contributed by atoms with Gasteiger partial charge < -0.3 is 4.42 Å². The molecule has 2 amide bonds. The quantitative estimate of drug-likeness (QED) is 0.428. The number of rotatable bonds is 4. The van der Waals surface area contributed by atoms with Gasteiger partial charge in [0.2, 0.25) is 0 Å². The van der Waals surface area contributed by atoms with Gasteiger partial charge >= 0.3 is 0 Å². The number of carbonyl (C=O) groups excluding carboxylic acids is 2. The normalized spacial score (nSPS) is 10.8. The summed E-state index contributed by atoms with van der Waals surface area (Å²) in [6, 6.07) is 21.5. The molecule has 9 heteroatoms. The fraction of sp³-hybridized carbons (Fsp3) is 0. The number of amides is 2. The minimum absolute atomic E-state index is 0.0602. The third kappa shape index (κ3) is 3.70. The SMILES string of the molecule is O=C(NNC(=O)c1cc(-c2ccco2)nc2ccccc12)c1cnn(-c2ccccc2)n1. The van der Waals surface area contributed by atoms with Crippen molar-refractivity contribution in [2.75, 3.05) is 0 Å². The molecule has 0 spiro atoms. The van der Waals surface area contributed by atoms with Crippen LogP contribution in [0.15, 0.2) is 89.7 Å². The number of hydrogen-bond acceptors (Lipinski definition) is 6. The molecular formula is C23H16N6O3. The summed E-state index contributed by atoms with van der Waals surface area (Å²) in [6.45, 7) is 0. The van der Waals surface area contributed by atoms with E-state index in [4.69, 9.17) is 4.42 Å². The van der Waals surface area contributed by atoms with Crippen LogP contribution >= 0.6 is 0 Å². The van der Waals surface area contributed by atoms with Gasteiger partial charge in [-0.25, -0.2) is 4.98 Å². The lowest BCUT2D eigenvalue weighted by Gasteiger charge is -2.10. The molecule has 0 saturated carbocycles.